The van der Waals surface area contributed by atoms with E-state index in [1.807, 2.05) is 54.6 Å². The zero-order valence-electron chi connectivity index (χ0n) is 14.2. The molecule has 4 aromatic rings. The third-order valence-corrected chi connectivity index (χ3v) is 4.30. The third-order valence-electron chi connectivity index (χ3n) is 3.97. The van der Waals surface area contributed by atoms with Gasteiger partial charge in [0.2, 0.25) is 11.7 Å². The molecule has 7 heteroatoms. The van der Waals surface area contributed by atoms with Crippen molar-refractivity contribution in [3.05, 3.63) is 77.9 Å². The maximum Gasteiger partial charge on any atom is 0.274 e. The SMILES string of the molecule is O=C(Cn1cccc1-c1nc(-c2ccccc2)no1)Nc1ccccc1Cl. The minimum atomic E-state index is -0.205. The van der Waals surface area contributed by atoms with Crippen LogP contribution in [-0.2, 0) is 11.3 Å². The highest BCUT2D eigenvalue weighted by Gasteiger charge is 2.15. The molecule has 0 aliphatic carbocycles. The fourth-order valence-electron chi connectivity index (χ4n) is 2.69. The predicted octanol–water partition coefficient (Wildman–Crippen LogP) is 4.50. The first-order valence-corrected chi connectivity index (χ1v) is 8.67. The summed E-state index contributed by atoms with van der Waals surface area (Å²) in [5, 5.41) is 7.31. The first-order valence-electron chi connectivity index (χ1n) is 8.30. The molecule has 0 fully saturated rings. The highest BCUT2D eigenvalue weighted by Crippen LogP contribution is 2.23. The van der Waals surface area contributed by atoms with E-state index in [-0.39, 0.29) is 12.5 Å². The molecule has 0 saturated heterocycles. The Labute approximate surface area is 160 Å². The zero-order valence-corrected chi connectivity index (χ0v) is 14.9. The molecule has 0 aliphatic rings. The minimum Gasteiger partial charge on any atom is -0.334 e. The van der Waals surface area contributed by atoms with Gasteiger partial charge in [-0.3, -0.25) is 4.79 Å². The van der Waals surface area contributed by atoms with Crippen molar-refractivity contribution in [3.8, 4) is 23.0 Å². The Kier molecular flexibility index (Phi) is 4.72. The summed E-state index contributed by atoms with van der Waals surface area (Å²) in [7, 11) is 0. The quantitative estimate of drug-likeness (QED) is 0.555. The number of rotatable bonds is 5. The van der Waals surface area contributed by atoms with Crippen molar-refractivity contribution in [2.75, 3.05) is 5.32 Å². The van der Waals surface area contributed by atoms with Gasteiger partial charge in [-0.05, 0) is 24.3 Å². The molecule has 0 bridgehead atoms. The molecule has 1 amide bonds. The third kappa shape index (κ3) is 3.75. The van der Waals surface area contributed by atoms with Crippen LogP contribution < -0.4 is 5.32 Å². The summed E-state index contributed by atoms with van der Waals surface area (Å²) >= 11 is 6.08. The van der Waals surface area contributed by atoms with Crippen LogP contribution in [0.4, 0.5) is 5.69 Å². The second-order valence-electron chi connectivity index (χ2n) is 5.84. The van der Waals surface area contributed by atoms with E-state index in [0.29, 0.717) is 28.1 Å². The molecule has 0 saturated carbocycles. The van der Waals surface area contributed by atoms with Crippen molar-refractivity contribution in [3.63, 3.8) is 0 Å². The molecule has 0 radical (unpaired) electrons. The van der Waals surface area contributed by atoms with Crippen LogP contribution in [-0.4, -0.2) is 20.6 Å². The lowest BCUT2D eigenvalue weighted by molar-refractivity contribution is -0.116. The van der Waals surface area contributed by atoms with Gasteiger partial charge in [0.15, 0.2) is 0 Å². The van der Waals surface area contributed by atoms with Crippen LogP contribution in [0.1, 0.15) is 0 Å². The maximum atomic E-state index is 12.4. The van der Waals surface area contributed by atoms with Gasteiger partial charge >= 0.3 is 0 Å². The zero-order chi connectivity index (χ0) is 18.6. The van der Waals surface area contributed by atoms with Gasteiger partial charge in [0.1, 0.15) is 12.2 Å². The number of halogens is 1. The second-order valence-corrected chi connectivity index (χ2v) is 6.25. The van der Waals surface area contributed by atoms with Crippen LogP contribution in [0.3, 0.4) is 0 Å². The number of carbonyl (C=O) groups is 1. The van der Waals surface area contributed by atoms with Crippen LogP contribution in [0.25, 0.3) is 23.0 Å². The molecule has 0 aliphatic heterocycles. The van der Waals surface area contributed by atoms with Crippen LogP contribution in [0.5, 0.6) is 0 Å². The number of aromatic nitrogens is 3. The Balaban J connectivity index is 1.53. The topological polar surface area (TPSA) is 73.0 Å². The highest BCUT2D eigenvalue weighted by atomic mass is 35.5. The molecule has 0 atom stereocenters. The molecule has 134 valence electrons. The van der Waals surface area contributed by atoms with Gasteiger partial charge in [-0.1, -0.05) is 59.2 Å². The Hall–Kier alpha value is -3.38. The lowest BCUT2D eigenvalue weighted by atomic mass is 10.2. The summed E-state index contributed by atoms with van der Waals surface area (Å²) in [4.78, 5) is 16.8. The Bertz CT molecular complexity index is 1070. The number of nitrogens with one attached hydrogen (secondary N) is 1. The molecule has 1 N–H and O–H groups in total. The van der Waals surface area contributed by atoms with E-state index in [1.165, 1.54) is 0 Å². The van der Waals surface area contributed by atoms with E-state index in [2.05, 4.69) is 15.5 Å². The number of amides is 1. The molecule has 0 unspecified atom stereocenters. The number of carbonyl (C=O) groups excluding carboxylic acids is 1. The highest BCUT2D eigenvalue weighted by molar-refractivity contribution is 6.33. The first-order chi connectivity index (χ1) is 13.2. The van der Waals surface area contributed by atoms with Crippen molar-refractivity contribution >= 4 is 23.2 Å². The maximum absolute atomic E-state index is 12.4. The van der Waals surface area contributed by atoms with Crippen molar-refractivity contribution in [1.29, 1.82) is 0 Å². The molecule has 2 aromatic heterocycles. The van der Waals surface area contributed by atoms with E-state index >= 15 is 0 Å². The number of hydrogen-bond donors (Lipinski definition) is 1. The summed E-state index contributed by atoms with van der Waals surface area (Å²) in [6.45, 7) is 0.0939. The first kappa shape index (κ1) is 17.1. The van der Waals surface area contributed by atoms with Crippen molar-refractivity contribution in [2.24, 2.45) is 0 Å². The average molecular weight is 379 g/mol. The molecular weight excluding hydrogens is 364 g/mol. The van der Waals surface area contributed by atoms with E-state index < -0.39 is 0 Å². The molecule has 6 nitrogen and oxygen atoms in total. The molecule has 27 heavy (non-hydrogen) atoms. The Morgan fingerprint density at radius 2 is 1.81 bits per heavy atom. The van der Waals surface area contributed by atoms with E-state index in [4.69, 9.17) is 16.1 Å². The number of para-hydroxylation sites is 1. The second kappa shape index (κ2) is 7.47. The summed E-state index contributed by atoms with van der Waals surface area (Å²) in [5.74, 6) is 0.645. The molecule has 2 aromatic carbocycles. The van der Waals surface area contributed by atoms with Gasteiger partial charge < -0.3 is 14.4 Å². The van der Waals surface area contributed by atoms with Crippen molar-refractivity contribution in [1.82, 2.24) is 14.7 Å². The van der Waals surface area contributed by atoms with Gasteiger partial charge in [0, 0.05) is 11.8 Å². The Morgan fingerprint density at radius 1 is 1.04 bits per heavy atom. The number of benzene rings is 2. The molecule has 0 spiro atoms. The van der Waals surface area contributed by atoms with Gasteiger partial charge in [0.05, 0.1) is 10.7 Å². The van der Waals surface area contributed by atoms with Gasteiger partial charge in [-0.2, -0.15) is 4.98 Å². The summed E-state index contributed by atoms with van der Waals surface area (Å²) in [6.07, 6.45) is 1.79. The van der Waals surface area contributed by atoms with Crippen LogP contribution in [0, 0.1) is 0 Å². The summed E-state index contributed by atoms with van der Waals surface area (Å²) in [5.41, 5.74) is 2.10. The van der Waals surface area contributed by atoms with Gasteiger partial charge in [-0.15, -0.1) is 0 Å². The van der Waals surface area contributed by atoms with Gasteiger partial charge in [0.25, 0.3) is 5.89 Å². The monoisotopic (exact) mass is 378 g/mol. The van der Waals surface area contributed by atoms with Crippen molar-refractivity contribution in [2.45, 2.75) is 6.54 Å². The van der Waals surface area contributed by atoms with Gasteiger partial charge in [-0.25, -0.2) is 0 Å². The van der Waals surface area contributed by atoms with Crippen molar-refractivity contribution < 1.29 is 9.32 Å². The molecule has 2 heterocycles. The normalized spacial score (nSPS) is 10.7. The summed E-state index contributed by atoms with van der Waals surface area (Å²) < 4.78 is 7.13. The molecular formula is C20H15ClN4O2. The lowest BCUT2D eigenvalue weighted by Crippen LogP contribution is -2.19. The Morgan fingerprint density at radius 3 is 2.63 bits per heavy atom. The van der Waals surface area contributed by atoms with Crippen LogP contribution in [0.2, 0.25) is 5.02 Å². The fraction of sp³-hybridized carbons (Fsp3) is 0.0500. The van der Waals surface area contributed by atoms with E-state index in [0.717, 1.165) is 5.56 Å². The lowest BCUT2D eigenvalue weighted by Gasteiger charge is -2.09. The number of hydrogen-bond acceptors (Lipinski definition) is 4. The minimum absolute atomic E-state index is 0.0939. The standard InChI is InChI=1S/C20H15ClN4O2/c21-15-9-4-5-10-16(15)22-18(26)13-25-12-6-11-17(25)20-23-19(24-27-20)14-7-2-1-3-8-14/h1-12H,13H2,(H,22,26). The predicted molar refractivity (Wildman–Crippen MR) is 103 cm³/mol. The smallest absolute Gasteiger partial charge is 0.274 e. The number of nitrogens with zero attached hydrogens (tertiary/aromatic N) is 3. The fourth-order valence-corrected chi connectivity index (χ4v) is 2.87. The average Bonchev–Trinajstić information content (AvgIpc) is 3.33. The summed E-state index contributed by atoms with van der Waals surface area (Å²) in [6, 6.07) is 20.3. The van der Waals surface area contributed by atoms with E-state index in [9.17, 15) is 4.79 Å². The largest absolute Gasteiger partial charge is 0.334 e. The van der Waals surface area contributed by atoms with Crippen LogP contribution >= 0.6 is 11.6 Å². The van der Waals surface area contributed by atoms with Crippen LogP contribution in [0.15, 0.2) is 77.4 Å². The number of anilines is 1. The van der Waals surface area contributed by atoms with E-state index in [1.54, 1.807) is 22.9 Å². The molecule has 4 rings (SSSR count).